The molecule has 0 atom stereocenters. The van der Waals surface area contributed by atoms with E-state index in [1.54, 1.807) is 12.1 Å². The number of carbonyl (C=O) groups is 2. The molecule has 7 heteroatoms. The van der Waals surface area contributed by atoms with Gasteiger partial charge in [-0.25, -0.2) is 19.8 Å². The van der Waals surface area contributed by atoms with Crippen molar-refractivity contribution in [1.82, 2.24) is 15.0 Å². The van der Waals surface area contributed by atoms with Gasteiger partial charge in [0.2, 0.25) is 0 Å². The maximum absolute atomic E-state index is 12.8. The molecule has 27 heavy (non-hydrogen) atoms. The molecule has 6 nitrogen and oxygen atoms in total. The second kappa shape index (κ2) is 7.25. The molecule has 1 aromatic heterocycles. The predicted octanol–water partition coefficient (Wildman–Crippen LogP) is 4.18. The molecule has 1 saturated heterocycles. The maximum Gasteiger partial charge on any atom is 0.340 e. The molecule has 2 heterocycles. The molecule has 136 valence electrons. The third-order valence-electron chi connectivity index (χ3n) is 4.51. The average Bonchev–Trinajstić information content (AvgIpc) is 3.18. The zero-order valence-electron chi connectivity index (χ0n) is 14.4. The molecule has 3 aromatic rings. The van der Waals surface area contributed by atoms with Crippen LogP contribution in [0.25, 0.3) is 10.8 Å². The van der Waals surface area contributed by atoms with Gasteiger partial charge < -0.3 is 5.32 Å². The second-order valence-electron chi connectivity index (χ2n) is 6.23. The fourth-order valence-corrected chi connectivity index (χ4v) is 3.31. The van der Waals surface area contributed by atoms with Crippen LogP contribution in [0.5, 0.6) is 0 Å². The number of hydrogen-bond donors (Lipinski definition) is 1. The molecular weight excluding hydrogens is 364 g/mol. The topological polar surface area (TPSA) is 65.5 Å². The molecule has 0 radical (unpaired) electrons. The fourth-order valence-electron chi connectivity index (χ4n) is 3.20. The minimum atomic E-state index is -0.334. The lowest BCUT2D eigenvalue weighted by molar-refractivity contribution is 0.0404. The first kappa shape index (κ1) is 17.3. The number of halogens is 1. The van der Waals surface area contributed by atoms with E-state index in [2.05, 4.69) is 10.3 Å². The Balaban J connectivity index is 1.55. The minimum Gasteiger partial charge on any atom is -0.306 e. The number of nitrogens with zero attached hydrogens (tertiary/aromatic N) is 3. The summed E-state index contributed by atoms with van der Waals surface area (Å²) in [6.45, 7) is 0.952. The van der Waals surface area contributed by atoms with Gasteiger partial charge in [0.1, 0.15) is 5.15 Å². The Kier molecular flexibility index (Phi) is 4.64. The van der Waals surface area contributed by atoms with E-state index in [0.29, 0.717) is 29.5 Å². The molecule has 1 fully saturated rings. The van der Waals surface area contributed by atoms with Gasteiger partial charge in [-0.05, 0) is 30.0 Å². The lowest BCUT2D eigenvalue weighted by Gasteiger charge is -2.28. The highest BCUT2D eigenvalue weighted by Crippen LogP contribution is 2.24. The zero-order chi connectivity index (χ0) is 18.8. The Morgan fingerprint density at radius 3 is 2.56 bits per heavy atom. The van der Waals surface area contributed by atoms with Crippen molar-refractivity contribution in [3.05, 3.63) is 71.5 Å². The number of aromatic nitrogens is 1. The van der Waals surface area contributed by atoms with Crippen LogP contribution in [-0.2, 0) is 0 Å². The number of amides is 3. The van der Waals surface area contributed by atoms with Crippen LogP contribution < -0.4 is 5.32 Å². The predicted molar refractivity (Wildman–Crippen MR) is 105 cm³/mol. The van der Waals surface area contributed by atoms with Gasteiger partial charge in [-0.3, -0.25) is 4.79 Å². The Morgan fingerprint density at radius 2 is 1.74 bits per heavy atom. The van der Waals surface area contributed by atoms with E-state index >= 15 is 0 Å². The van der Waals surface area contributed by atoms with Crippen LogP contribution in [0.1, 0.15) is 16.8 Å². The van der Waals surface area contributed by atoms with E-state index in [1.807, 2.05) is 42.5 Å². The molecule has 1 N–H and O–H groups in total. The van der Waals surface area contributed by atoms with Gasteiger partial charge in [0.05, 0.1) is 11.3 Å². The van der Waals surface area contributed by atoms with Crippen molar-refractivity contribution in [2.45, 2.75) is 6.42 Å². The van der Waals surface area contributed by atoms with Crippen LogP contribution in [-0.4, -0.2) is 40.0 Å². The summed E-state index contributed by atoms with van der Waals surface area (Å²) in [5.41, 5.74) is 1.11. The number of hydrogen-bond acceptors (Lipinski definition) is 3. The minimum absolute atomic E-state index is 0.273. The van der Waals surface area contributed by atoms with E-state index in [4.69, 9.17) is 11.6 Å². The molecule has 1 aliphatic rings. The van der Waals surface area contributed by atoms with Crippen LogP contribution in [0, 0.1) is 0 Å². The summed E-state index contributed by atoms with van der Waals surface area (Å²) in [6.07, 6.45) is 2.14. The molecule has 0 unspecified atom stereocenters. The Morgan fingerprint density at radius 1 is 0.963 bits per heavy atom. The summed E-state index contributed by atoms with van der Waals surface area (Å²) < 4.78 is 0. The summed E-state index contributed by atoms with van der Waals surface area (Å²) in [4.78, 5) is 29.5. The normalized spacial score (nSPS) is 13.8. The van der Waals surface area contributed by atoms with Crippen LogP contribution in [0.2, 0.25) is 5.15 Å². The molecule has 2 aromatic carbocycles. The first-order valence-electron chi connectivity index (χ1n) is 8.63. The van der Waals surface area contributed by atoms with Gasteiger partial charge in [-0.15, -0.1) is 0 Å². The quantitative estimate of drug-likeness (QED) is 0.678. The SMILES string of the molecule is O=C(Nc1cccc2ccccc12)N1CCCN1C(=O)c1ccc(Cl)nc1. The summed E-state index contributed by atoms with van der Waals surface area (Å²) in [5, 5.41) is 8.13. The number of anilines is 1. The van der Waals surface area contributed by atoms with E-state index in [0.717, 1.165) is 17.2 Å². The van der Waals surface area contributed by atoms with Crippen LogP contribution in [0.3, 0.4) is 0 Å². The highest BCUT2D eigenvalue weighted by atomic mass is 35.5. The van der Waals surface area contributed by atoms with Gasteiger partial charge in [0, 0.05) is 24.7 Å². The molecule has 0 aliphatic carbocycles. The molecule has 0 saturated carbocycles. The highest BCUT2D eigenvalue weighted by Gasteiger charge is 2.31. The van der Waals surface area contributed by atoms with Crippen molar-refractivity contribution >= 4 is 40.0 Å². The third kappa shape index (κ3) is 3.44. The number of nitrogens with one attached hydrogen (secondary N) is 1. The Bertz CT molecular complexity index is 1000. The molecular formula is C20H17ClN4O2. The number of hydrazine groups is 1. The lowest BCUT2D eigenvalue weighted by atomic mass is 10.1. The Hall–Kier alpha value is -3.12. The molecule has 0 bridgehead atoms. The van der Waals surface area contributed by atoms with Crippen molar-refractivity contribution in [3.8, 4) is 0 Å². The average molecular weight is 381 g/mol. The Labute approximate surface area is 161 Å². The smallest absolute Gasteiger partial charge is 0.306 e. The summed E-state index contributed by atoms with van der Waals surface area (Å²) in [6, 6.07) is 16.4. The number of benzene rings is 2. The first-order chi connectivity index (χ1) is 13.1. The number of urea groups is 1. The number of fused-ring (bicyclic) bond motifs is 1. The van der Waals surface area contributed by atoms with Gasteiger partial charge in [-0.2, -0.15) is 0 Å². The first-order valence-corrected chi connectivity index (χ1v) is 9.01. The van der Waals surface area contributed by atoms with E-state index in [1.165, 1.54) is 16.2 Å². The second-order valence-corrected chi connectivity index (χ2v) is 6.62. The van der Waals surface area contributed by atoms with Crippen LogP contribution in [0.4, 0.5) is 10.5 Å². The van der Waals surface area contributed by atoms with Crippen LogP contribution >= 0.6 is 11.6 Å². The lowest BCUT2D eigenvalue weighted by Crippen LogP contribution is -2.46. The fraction of sp³-hybridized carbons (Fsp3) is 0.150. The molecule has 0 spiro atoms. The third-order valence-corrected chi connectivity index (χ3v) is 4.73. The number of rotatable bonds is 2. The van der Waals surface area contributed by atoms with E-state index in [9.17, 15) is 9.59 Å². The maximum atomic E-state index is 12.8. The van der Waals surface area contributed by atoms with Crippen molar-refractivity contribution in [2.75, 3.05) is 18.4 Å². The van der Waals surface area contributed by atoms with Crippen molar-refractivity contribution in [3.63, 3.8) is 0 Å². The van der Waals surface area contributed by atoms with Crippen molar-refractivity contribution < 1.29 is 9.59 Å². The summed E-state index contributed by atoms with van der Waals surface area (Å²) in [5.74, 6) is -0.273. The highest BCUT2D eigenvalue weighted by molar-refractivity contribution is 6.29. The molecule has 4 rings (SSSR count). The zero-order valence-corrected chi connectivity index (χ0v) is 15.2. The summed E-state index contributed by atoms with van der Waals surface area (Å²) in [7, 11) is 0. The van der Waals surface area contributed by atoms with Gasteiger partial charge in [0.25, 0.3) is 5.91 Å². The van der Waals surface area contributed by atoms with Gasteiger partial charge in [0.15, 0.2) is 0 Å². The molecule has 3 amide bonds. The number of carbonyl (C=O) groups excluding carboxylic acids is 2. The van der Waals surface area contributed by atoms with Crippen molar-refractivity contribution in [1.29, 1.82) is 0 Å². The van der Waals surface area contributed by atoms with E-state index < -0.39 is 0 Å². The molecule has 1 aliphatic heterocycles. The van der Waals surface area contributed by atoms with Crippen molar-refractivity contribution in [2.24, 2.45) is 0 Å². The van der Waals surface area contributed by atoms with Gasteiger partial charge in [-0.1, -0.05) is 48.0 Å². The van der Waals surface area contributed by atoms with E-state index in [-0.39, 0.29) is 11.9 Å². The van der Waals surface area contributed by atoms with Gasteiger partial charge >= 0.3 is 6.03 Å². The standard InChI is InChI=1S/C20H17ClN4O2/c21-18-10-9-15(13-22-18)19(26)24-11-4-12-25(24)20(27)23-17-8-3-6-14-5-1-2-7-16(14)17/h1-3,5-10,13H,4,11-12H2,(H,23,27). The largest absolute Gasteiger partial charge is 0.340 e. The van der Waals surface area contributed by atoms with Crippen LogP contribution in [0.15, 0.2) is 60.8 Å². The monoisotopic (exact) mass is 380 g/mol. The number of pyridine rings is 1. The summed E-state index contributed by atoms with van der Waals surface area (Å²) >= 11 is 5.78.